The molecule has 9 heteroatoms. The van der Waals surface area contributed by atoms with Crippen molar-refractivity contribution in [1.29, 1.82) is 0 Å². The first-order chi connectivity index (χ1) is 12.4. The van der Waals surface area contributed by atoms with Gasteiger partial charge in [-0.25, -0.2) is 18.1 Å². The highest BCUT2D eigenvalue weighted by Gasteiger charge is 2.23. The van der Waals surface area contributed by atoms with Crippen molar-refractivity contribution in [3.63, 3.8) is 0 Å². The van der Waals surface area contributed by atoms with Gasteiger partial charge < -0.3 is 9.84 Å². The Morgan fingerprint density at radius 1 is 1.35 bits per heavy atom. The van der Waals surface area contributed by atoms with Gasteiger partial charge in [0.25, 0.3) is 0 Å². The average molecular weight is 400 g/mol. The van der Waals surface area contributed by atoms with Gasteiger partial charge in [-0.3, -0.25) is 4.90 Å². The summed E-state index contributed by atoms with van der Waals surface area (Å²) in [5, 5.41) is 11.2. The normalized spacial score (nSPS) is 16.2. The molecule has 0 radical (unpaired) electrons. The fraction of sp³-hybridized carbons (Fsp3) is 0.471. The molecule has 0 spiro atoms. The van der Waals surface area contributed by atoms with Crippen molar-refractivity contribution in [2.24, 2.45) is 0 Å². The number of pyridine rings is 1. The monoisotopic (exact) mass is 399 g/mol. The van der Waals surface area contributed by atoms with E-state index < -0.39 is 10.0 Å². The van der Waals surface area contributed by atoms with E-state index in [9.17, 15) is 13.5 Å². The van der Waals surface area contributed by atoms with Gasteiger partial charge in [0.2, 0.25) is 10.0 Å². The number of phenolic OH excluding ortho intramolecular Hbond substituents is 1. The van der Waals surface area contributed by atoms with Crippen LogP contribution in [0.3, 0.4) is 0 Å². The van der Waals surface area contributed by atoms with E-state index in [0.29, 0.717) is 30.7 Å². The van der Waals surface area contributed by atoms with Gasteiger partial charge in [-0.1, -0.05) is 11.6 Å². The molecule has 1 aromatic carbocycles. The summed E-state index contributed by atoms with van der Waals surface area (Å²) < 4.78 is 33.0. The number of sulfonamides is 1. The molecule has 142 valence electrons. The van der Waals surface area contributed by atoms with Crippen LogP contribution in [0.5, 0.6) is 5.75 Å². The van der Waals surface area contributed by atoms with Crippen molar-refractivity contribution in [2.45, 2.75) is 18.2 Å². The van der Waals surface area contributed by atoms with E-state index in [4.69, 9.17) is 16.3 Å². The number of rotatable bonds is 6. The Balaban J connectivity index is 1.73. The number of morpholine rings is 1. The van der Waals surface area contributed by atoms with Crippen molar-refractivity contribution >= 4 is 32.5 Å². The van der Waals surface area contributed by atoms with Crippen LogP contribution in [0.1, 0.15) is 12.1 Å². The van der Waals surface area contributed by atoms with Crippen LogP contribution in [-0.4, -0.2) is 62.8 Å². The maximum atomic E-state index is 12.6. The predicted molar refractivity (Wildman–Crippen MR) is 100 cm³/mol. The number of phenols is 1. The minimum Gasteiger partial charge on any atom is -0.504 e. The lowest BCUT2D eigenvalue weighted by atomic mass is 10.2. The number of nitrogens with zero attached hydrogens (tertiary/aromatic N) is 2. The predicted octanol–water partition coefficient (Wildman–Crippen LogP) is 1.90. The number of hydrogen-bond donors (Lipinski definition) is 2. The maximum Gasteiger partial charge on any atom is 0.244 e. The second-order valence-corrected chi connectivity index (χ2v) is 8.40. The van der Waals surface area contributed by atoms with Gasteiger partial charge in [-0.15, -0.1) is 0 Å². The van der Waals surface area contributed by atoms with Gasteiger partial charge in [0, 0.05) is 30.7 Å². The maximum absolute atomic E-state index is 12.6. The third-order valence-electron chi connectivity index (χ3n) is 4.34. The number of hydrogen-bond acceptors (Lipinski definition) is 6. The smallest absolute Gasteiger partial charge is 0.244 e. The number of aryl methyl sites for hydroxylation is 1. The highest BCUT2D eigenvalue weighted by molar-refractivity contribution is 7.89. The highest BCUT2D eigenvalue weighted by Crippen LogP contribution is 2.35. The lowest BCUT2D eigenvalue weighted by molar-refractivity contribution is 0.0376. The Morgan fingerprint density at radius 2 is 2.08 bits per heavy atom. The van der Waals surface area contributed by atoms with Gasteiger partial charge in [-0.05, 0) is 38.1 Å². The molecule has 1 saturated heterocycles. The van der Waals surface area contributed by atoms with Gasteiger partial charge in [0.05, 0.1) is 18.2 Å². The van der Waals surface area contributed by atoms with Gasteiger partial charge in [0.1, 0.15) is 10.4 Å². The molecule has 0 aliphatic carbocycles. The Morgan fingerprint density at radius 3 is 2.81 bits per heavy atom. The summed E-state index contributed by atoms with van der Waals surface area (Å²) in [4.78, 5) is 6.20. The zero-order valence-electron chi connectivity index (χ0n) is 14.5. The Bertz CT molecular complexity index is 899. The van der Waals surface area contributed by atoms with Crippen molar-refractivity contribution in [2.75, 3.05) is 39.4 Å². The fourth-order valence-corrected chi connectivity index (χ4v) is 4.44. The van der Waals surface area contributed by atoms with E-state index in [1.165, 1.54) is 6.07 Å². The molecule has 0 saturated carbocycles. The van der Waals surface area contributed by atoms with Crippen LogP contribution < -0.4 is 4.72 Å². The number of fused-ring (bicyclic) bond motifs is 1. The molecule has 1 aliphatic heterocycles. The van der Waals surface area contributed by atoms with E-state index in [-0.39, 0.29) is 27.7 Å². The Kier molecular flexibility index (Phi) is 5.99. The zero-order valence-corrected chi connectivity index (χ0v) is 16.1. The molecule has 2 heterocycles. The van der Waals surface area contributed by atoms with Crippen molar-refractivity contribution in [1.82, 2.24) is 14.6 Å². The highest BCUT2D eigenvalue weighted by atomic mass is 35.5. The van der Waals surface area contributed by atoms with E-state index >= 15 is 0 Å². The quantitative estimate of drug-likeness (QED) is 0.721. The largest absolute Gasteiger partial charge is 0.504 e. The molecule has 1 aliphatic rings. The number of aromatic nitrogens is 1. The molecule has 7 nitrogen and oxygen atoms in total. The van der Waals surface area contributed by atoms with Crippen LogP contribution in [0, 0.1) is 6.92 Å². The minimum absolute atomic E-state index is 0.186. The van der Waals surface area contributed by atoms with Crippen LogP contribution in [-0.2, 0) is 14.8 Å². The molecular weight excluding hydrogens is 378 g/mol. The summed E-state index contributed by atoms with van der Waals surface area (Å²) in [5.41, 5.74) is 0.850. The fourth-order valence-electron chi connectivity index (χ4n) is 2.92. The van der Waals surface area contributed by atoms with Crippen LogP contribution in [0.2, 0.25) is 5.02 Å². The summed E-state index contributed by atoms with van der Waals surface area (Å²) in [5.74, 6) is -0.381. The molecule has 26 heavy (non-hydrogen) atoms. The van der Waals surface area contributed by atoms with E-state index in [1.54, 1.807) is 19.1 Å². The molecule has 2 aromatic rings. The number of ether oxygens (including phenoxy) is 1. The standard InChI is InChI=1S/C17H22ClN3O4S/c1-12-3-4-13-14(18)11-15(17(22)16(13)20-12)26(23,24)19-5-2-6-21-7-9-25-10-8-21/h3-4,11,19,22H,2,5-10H2,1H3. The minimum atomic E-state index is -3.89. The number of halogens is 1. The Labute approximate surface area is 158 Å². The second kappa shape index (κ2) is 8.06. The third kappa shape index (κ3) is 4.27. The van der Waals surface area contributed by atoms with Crippen molar-refractivity contribution in [3.05, 3.63) is 28.9 Å². The number of aromatic hydroxyl groups is 1. The first-order valence-corrected chi connectivity index (χ1v) is 10.3. The molecular formula is C17H22ClN3O4S. The van der Waals surface area contributed by atoms with Crippen LogP contribution in [0.4, 0.5) is 0 Å². The summed E-state index contributed by atoms with van der Waals surface area (Å²) in [6, 6.07) is 4.73. The van der Waals surface area contributed by atoms with Gasteiger partial charge >= 0.3 is 0 Å². The number of nitrogens with one attached hydrogen (secondary N) is 1. The molecule has 0 unspecified atom stereocenters. The summed E-state index contributed by atoms with van der Waals surface area (Å²) in [7, 11) is -3.89. The third-order valence-corrected chi connectivity index (χ3v) is 6.13. The molecule has 3 rings (SSSR count). The average Bonchev–Trinajstić information content (AvgIpc) is 2.62. The molecule has 2 N–H and O–H groups in total. The van der Waals surface area contributed by atoms with Crippen LogP contribution in [0.25, 0.3) is 10.9 Å². The summed E-state index contributed by atoms with van der Waals surface area (Å²) >= 11 is 6.19. The lowest BCUT2D eigenvalue weighted by Gasteiger charge is -2.26. The molecule has 1 aromatic heterocycles. The first kappa shape index (κ1) is 19.3. The molecule has 0 amide bonds. The van der Waals surface area contributed by atoms with Gasteiger partial charge in [-0.2, -0.15) is 0 Å². The summed E-state index contributed by atoms with van der Waals surface area (Å²) in [6.45, 7) is 5.96. The lowest BCUT2D eigenvalue weighted by Crippen LogP contribution is -2.38. The van der Waals surface area contributed by atoms with Crippen molar-refractivity contribution < 1.29 is 18.3 Å². The molecule has 0 atom stereocenters. The van der Waals surface area contributed by atoms with Crippen LogP contribution >= 0.6 is 11.6 Å². The van der Waals surface area contributed by atoms with E-state index in [0.717, 1.165) is 19.6 Å². The Hall–Kier alpha value is -1.45. The first-order valence-electron chi connectivity index (χ1n) is 8.47. The topological polar surface area (TPSA) is 91.8 Å². The second-order valence-electron chi connectivity index (χ2n) is 6.26. The zero-order chi connectivity index (χ0) is 18.7. The summed E-state index contributed by atoms with van der Waals surface area (Å²) in [6.07, 6.45) is 0.665. The molecule has 0 bridgehead atoms. The number of benzene rings is 1. The van der Waals surface area contributed by atoms with Gasteiger partial charge in [0.15, 0.2) is 5.75 Å². The van der Waals surface area contributed by atoms with E-state index in [1.807, 2.05) is 0 Å². The SMILES string of the molecule is Cc1ccc2c(Cl)cc(S(=O)(=O)NCCCN3CCOCC3)c(O)c2n1. The van der Waals surface area contributed by atoms with E-state index in [2.05, 4.69) is 14.6 Å². The van der Waals surface area contributed by atoms with Crippen LogP contribution in [0.15, 0.2) is 23.1 Å². The molecule has 1 fully saturated rings. The van der Waals surface area contributed by atoms with Crippen molar-refractivity contribution in [3.8, 4) is 5.75 Å².